The van der Waals surface area contributed by atoms with Crippen LogP contribution in [0.1, 0.15) is 11.3 Å². The first-order valence-electron chi connectivity index (χ1n) is 10.4. The molecule has 35 heavy (non-hydrogen) atoms. The number of halogens is 1. The lowest BCUT2D eigenvalue weighted by Gasteiger charge is -2.14. The summed E-state index contributed by atoms with van der Waals surface area (Å²) in [7, 11) is 2.85. The Morgan fingerprint density at radius 2 is 1.74 bits per heavy atom. The summed E-state index contributed by atoms with van der Waals surface area (Å²) in [5, 5.41) is 10.2. The quantitative estimate of drug-likeness (QED) is 0.395. The number of rotatable bonds is 4. The van der Waals surface area contributed by atoms with E-state index < -0.39 is 16.8 Å². The average Bonchev–Trinajstić information content (AvgIpc) is 3.32. The molecule has 5 rings (SSSR count). The highest BCUT2D eigenvalue weighted by Gasteiger charge is 2.26. The number of nitrogens with zero attached hydrogens (tertiary/aromatic N) is 1. The minimum absolute atomic E-state index is 0.0747. The molecule has 0 radical (unpaired) electrons. The van der Waals surface area contributed by atoms with E-state index in [1.54, 1.807) is 13.0 Å². The lowest BCUT2D eigenvalue weighted by molar-refractivity contribution is 0.399. The van der Waals surface area contributed by atoms with Crippen LogP contribution in [0, 0.1) is 24.1 Å². The molecule has 0 aliphatic heterocycles. The molecule has 9 heteroatoms. The molecular formula is C26H17FN2O6. The highest BCUT2D eigenvalue weighted by molar-refractivity contribution is 6.07. The maximum absolute atomic E-state index is 13.9. The fourth-order valence-electron chi connectivity index (χ4n) is 4.28. The second-order valence-electron chi connectivity index (χ2n) is 7.72. The number of aromatic amines is 1. The second-order valence-corrected chi connectivity index (χ2v) is 7.72. The van der Waals surface area contributed by atoms with Gasteiger partial charge in [-0.05, 0) is 36.8 Å². The summed E-state index contributed by atoms with van der Waals surface area (Å²) in [5.41, 5.74) is 0.0521. The molecule has 0 unspecified atom stereocenters. The molecule has 0 aliphatic carbocycles. The number of fused-ring (bicyclic) bond motifs is 2. The Labute approximate surface area is 196 Å². The highest BCUT2D eigenvalue weighted by atomic mass is 19.1. The zero-order valence-corrected chi connectivity index (χ0v) is 18.8. The van der Waals surface area contributed by atoms with Gasteiger partial charge in [-0.1, -0.05) is 12.1 Å². The van der Waals surface area contributed by atoms with E-state index in [0.717, 1.165) is 0 Å². The first kappa shape index (κ1) is 22.0. The van der Waals surface area contributed by atoms with Crippen LogP contribution in [0.25, 0.3) is 44.3 Å². The van der Waals surface area contributed by atoms with Gasteiger partial charge in [-0.2, -0.15) is 5.26 Å². The van der Waals surface area contributed by atoms with Gasteiger partial charge in [0, 0.05) is 5.56 Å². The van der Waals surface area contributed by atoms with Gasteiger partial charge in [-0.15, -0.1) is 0 Å². The second kappa shape index (κ2) is 8.18. The zero-order chi connectivity index (χ0) is 24.9. The number of aromatic nitrogens is 1. The number of aryl methyl sites for hydroxylation is 1. The maximum Gasteiger partial charge on any atom is 0.266 e. The fourth-order valence-corrected chi connectivity index (χ4v) is 4.28. The normalized spacial score (nSPS) is 11.1. The predicted octanol–water partition coefficient (Wildman–Crippen LogP) is 4.90. The zero-order valence-electron chi connectivity index (χ0n) is 18.8. The number of benzene rings is 2. The molecule has 1 N–H and O–H groups in total. The van der Waals surface area contributed by atoms with Crippen LogP contribution in [0.3, 0.4) is 0 Å². The number of ether oxygens (including phenoxy) is 2. The molecule has 0 atom stereocenters. The third kappa shape index (κ3) is 3.27. The van der Waals surface area contributed by atoms with Gasteiger partial charge in [0.15, 0.2) is 11.2 Å². The fraction of sp³-hybridized carbons (Fsp3) is 0.115. The lowest BCUT2D eigenvalue weighted by Crippen LogP contribution is -2.16. The number of nitriles is 1. The van der Waals surface area contributed by atoms with Crippen molar-refractivity contribution < 1.29 is 22.7 Å². The number of hydrogen-bond acceptors (Lipinski definition) is 7. The first-order chi connectivity index (χ1) is 16.9. The number of H-pyrrole nitrogens is 1. The van der Waals surface area contributed by atoms with Crippen LogP contribution in [-0.4, -0.2) is 19.2 Å². The van der Waals surface area contributed by atoms with Crippen LogP contribution < -0.4 is 20.5 Å². The van der Waals surface area contributed by atoms with Gasteiger partial charge in [-0.25, -0.2) is 4.39 Å². The summed E-state index contributed by atoms with van der Waals surface area (Å²) >= 11 is 0. The Morgan fingerprint density at radius 1 is 1.03 bits per heavy atom. The van der Waals surface area contributed by atoms with Crippen molar-refractivity contribution in [1.82, 2.24) is 4.98 Å². The number of methoxy groups -OCH3 is 2. The van der Waals surface area contributed by atoms with Crippen molar-refractivity contribution in [2.75, 3.05) is 14.2 Å². The van der Waals surface area contributed by atoms with Gasteiger partial charge in [-0.3, -0.25) is 9.59 Å². The topological polar surface area (TPSA) is 118 Å². The molecular weight excluding hydrogens is 455 g/mol. The Balaban J connectivity index is 1.89. The molecule has 0 saturated carbocycles. The summed E-state index contributed by atoms with van der Waals surface area (Å²) in [4.78, 5) is 29.3. The molecule has 3 aromatic heterocycles. The molecule has 0 spiro atoms. The van der Waals surface area contributed by atoms with Gasteiger partial charge in [0.1, 0.15) is 34.3 Å². The molecule has 3 heterocycles. The monoisotopic (exact) mass is 472 g/mol. The Hall–Kier alpha value is -4.84. The van der Waals surface area contributed by atoms with Crippen LogP contribution in [0.4, 0.5) is 4.39 Å². The third-order valence-electron chi connectivity index (χ3n) is 5.82. The molecule has 0 bridgehead atoms. The minimum Gasteiger partial charge on any atom is -0.495 e. The van der Waals surface area contributed by atoms with E-state index in [9.17, 15) is 19.2 Å². The van der Waals surface area contributed by atoms with Crippen molar-refractivity contribution in [3.8, 4) is 40.0 Å². The van der Waals surface area contributed by atoms with Gasteiger partial charge in [0.05, 0.1) is 37.1 Å². The SMILES string of the molecule is COc1c2occc2c(OC)c2c(=O)c(-c3cc(-c4ccc(F)cc4)c(C#N)c(=O)[nH]3)c(C)oc12. The standard InChI is InChI=1S/C26H17FN2O6/c1-12-19(18-10-16(17(11-28)26(31)29-18)13-4-6-14(27)7-5-13)21(30)20-22(32-2)15-8-9-34-23(15)25(33-3)24(20)35-12/h4-10H,1-3H3,(H,29,31). The van der Waals surface area contributed by atoms with E-state index in [4.69, 9.17) is 18.3 Å². The van der Waals surface area contributed by atoms with E-state index >= 15 is 0 Å². The van der Waals surface area contributed by atoms with Gasteiger partial charge < -0.3 is 23.3 Å². The number of nitrogens with one attached hydrogen (secondary N) is 1. The molecule has 0 fully saturated rings. The van der Waals surface area contributed by atoms with Crippen molar-refractivity contribution >= 4 is 21.9 Å². The number of furan rings is 1. The van der Waals surface area contributed by atoms with Crippen molar-refractivity contribution in [1.29, 1.82) is 5.26 Å². The summed E-state index contributed by atoms with van der Waals surface area (Å²) in [6.07, 6.45) is 1.44. The van der Waals surface area contributed by atoms with Crippen molar-refractivity contribution in [2.45, 2.75) is 6.92 Å². The summed E-state index contributed by atoms with van der Waals surface area (Å²) in [6, 6.07) is 10.4. The van der Waals surface area contributed by atoms with Crippen molar-refractivity contribution in [3.63, 3.8) is 0 Å². The lowest BCUT2D eigenvalue weighted by atomic mass is 9.98. The molecule has 0 aliphatic rings. The molecule has 2 aromatic carbocycles. The van der Waals surface area contributed by atoms with E-state index in [1.807, 2.05) is 6.07 Å². The Bertz CT molecular complexity index is 1790. The smallest absolute Gasteiger partial charge is 0.266 e. The van der Waals surface area contributed by atoms with Crippen molar-refractivity contribution in [3.05, 3.63) is 80.4 Å². The van der Waals surface area contributed by atoms with Crippen LogP contribution in [0.15, 0.2) is 61.1 Å². The van der Waals surface area contributed by atoms with Gasteiger partial charge in [0.2, 0.25) is 11.2 Å². The summed E-state index contributed by atoms with van der Waals surface area (Å²) in [6.45, 7) is 1.57. The van der Waals surface area contributed by atoms with E-state index in [0.29, 0.717) is 16.5 Å². The Morgan fingerprint density at radius 3 is 2.40 bits per heavy atom. The van der Waals surface area contributed by atoms with Crippen LogP contribution in [0.5, 0.6) is 11.5 Å². The van der Waals surface area contributed by atoms with Crippen molar-refractivity contribution in [2.24, 2.45) is 0 Å². The van der Waals surface area contributed by atoms with Crippen LogP contribution in [0.2, 0.25) is 0 Å². The molecule has 0 amide bonds. The van der Waals surface area contributed by atoms with E-state index in [-0.39, 0.29) is 50.6 Å². The maximum atomic E-state index is 13.9. The van der Waals surface area contributed by atoms with Crippen LogP contribution in [-0.2, 0) is 0 Å². The minimum atomic E-state index is -0.696. The molecule has 0 saturated heterocycles. The number of hydrogen-bond donors (Lipinski definition) is 1. The molecule has 174 valence electrons. The predicted molar refractivity (Wildman–Crippen MR) is 126 cm³/mol. The van der Waals surface area contributed by atoms with Crippen LogP contribution >= 0.6 is 0 Å². The summed E-state index contributed by atoms with van der Waals surface area (Å²) in [5.74, 6) is 0.191. The largest absolute Gasteiger partial charge is 0.495 e. The third-order valence-corrected chi connectivity index (χ3v) is 5.82. The van der Waals surface area contributed by atoms with E-state index in [1.165, 1.54) is 50.8 Å². The van der Waals surface area contributed by atoms with Gasteiger partial charge >= 0.3 is 0 Å². The van der Waals surface area contributed by atoms with E-state index in [2.05, 4.69) is 4.98 Å². The molecule has 5 aromatic rings. The summed E-state index contributed by atoms with van der Waals surface area (Å²) < 4.78 is 36.1. The van der Waals surface area contributed by atoms with Gasteiger partial charge in [0.25, 0.3) is 5.56 Å². The average molecular weight is 472 g/mol. The Kier molecular flexibility index (Phi) is 5.14. The highest BCUT2D eigenvalue weighted by Crippen LogP contribution is 2.43. The molecule has 8 nitrogen and oxygen atoms in total. The number of pyridine rings is 1. The first-order valence-corrected chi connectivity index (χ1v) is 10.4.